The van der Waals surface area contributed by atoms with Crippen LogP contribution in [0.2, 0.25) is 0 Å². The fraction of sp³-hybridized carbons (Fsp3) is 0.250. The standard InChI is InChI=1S/C28H27FN2O2/c1-33-25-12-7-19(8-13-25)18-30-28(32)31-23-10-11-24(31)16-22(15-23)21-9-14-26(27(29)17-21)20-5-3-2-4-6-20/h2-9,12-15,17,23-24H,10-11,16,18H2,1H3,(H,30,32). The summed E-state index contributed by atoms with van der Waals surface area (Å²) in [6.45, 7) is 0.474. The van der Waals surface area contributed by atoms with Gasteiger partial charge in [0.15, 0.2) is 0 Å². The van der Waals surface area contributed by atoms with Crippen LogP contribution in [0.15, 0.2) is 78.9 Å². The first-order valence-corrected chi connectivity index (χ1v) is 11.4. The lowest BCUT2D eigenvalue weighted by Gasteiger charge is -2.34. The summed E-state index contributed by atoms with van der Waals surface area (Å²) in [6.07, 6.45) is 4.80. The van der Waals surface area contributed by atoms with E-state index in [0.29, 0.717) is 12.1 Å². The predicted octanol–water partition coefficient (Wildman–Crippen LogP) is 6.03. The molecule has 0 radical (unpaired) electrons. The van der Waals surface area contributed by atoms with Crippen LogP contribution < -0.4 is 10.1 Å². The lowest BCUT2D eigenvalue weighted by Crippen LogP contribution is -2.48. The zero-order chi connectivity index (χ0) is 22.8. The molecule has 5 rings (SSSR count). The average molecular weight is 443 g/mol. The first kappa shape index (κ1) is 21.3. The monoisotopic (exact) mass is 442 g/mol. The Morgan fingerprint density at radius 2 is 1.82 bits per heavy atom. The van der Waals surface area contributed by atoms with E-state index in [4.69, 9.17) is 4.74 Å². The molecule has 1 saturated heterocycles. The third kappa shape index (κ3) is 4.36. The van der Waals surface area contributed by atoms with Crippen molar-refractivity contribution in [2.75, 3.05) is 7.11 Å². The molecule has 33 heavy (non-hydrogen) atoms. The van der Waals surface area contributed by atoms with Gasteiger partial charge in [0.05, 0.1) is 13.2 Å². The molecule has 2 unspecified atom stereocenters. The van der Waals surface area contributed by atoms with Gasteiger partial charge in [-0.05, 0) is 59.7 Å². The first-order chi connectivity index (χ1) is 16.1. The van der Waals surface area contributed by atoms with Crippen LogP contribution in [0.3, 0.4) is 0 Å². The molecule has 2 bridgehead atoms. The highest BCUT2D eigenvalue weighted by molar-refractivity contribution is 5.79. The van der Waals surface area contributed by atoms with Crippen molar-refractivity contribution in [2.45, 2.75) is 37.9 Å². The van der Waals surface area contributed by atoms with Gasteiger partial charge < -0.3 is 15.0 Å². The van der Waals surface area contributed by atoms with E-state index in [2.05, 4.69) is 11.4 Å². The van der Waals surface area contributed by atoms with E-state index in [9.17, 15) is 9.18 Å². The molecule has 0 saturated carbocycles. The minimum atomic E-state index is -0.216. The Labute approximate surface area is 193 Å². The van der Waals surface area contributed by atoms with Gasteiger partial charge >= 0.3 is 6.03 Å². The van der Waals surface area contributed by atoms with Crippen LogP contribution in [0.4, 0.5) is 9.18 Å². The second-order valence-corrected chi connectivity index (χ2v) is 8.67. The van der Waals surface area contributed by atoms with E-state index in [1.807, 2.05) is 71.6 Å². The highest BCUT2D eigenvalue weighted by atomic mass is 19.1. The van der Waals surface area contributed by atoms with Gasteiger partial charge in [0, 0.05) is 18.2 Å². The molecule has 168 valence electrons. The third-order valence-corrected chi connectivity index (χ3v) is 6.66. The molecule has 4 nitrogen and oxygen atoms in total. The maximum absolute atomic E-state index is 14.9. The number of amides is 2. The Bertz CT molecular complexity index is 1170. The molecule has 2 amide bonds. The highest BCUT2D eigenvalue weighted by Crippen LogP contribution is 2.39. The van der Waals surface area contributed by atoms with E-state index in [0.717, 1.165) is 47.3 Å². The van der Waals surface area contributed by atoms with Crippen molar-refractivity contribution in [1.29, 1.82) is 0 Å². The minimum absolute atomic E-state index is 0.0424. The average Bonchev–Trinajstić information content (AvgIpc) is 3.12. The predicted molar refractivity (Wildman–Crippen MR) is 128 cm³/mol. The number of nitrogens with zero attached hydrogens (tertiary/aromatic N) is 1. The van der Waals surface area contributed by atoms with Crippen LogP contribution in [0.25, 0.3) is 16.7 Å². The number of benzene rings is 3. The van der Waals surface area contributed by atoms with Crippen molar-refractivity contribution in [1.82, 2.24) is 10.2 Å². The van der Waals surface area contributed by atoms with Gasteiger partial charge in [-0.15, -0.1) is 0 Å². The number of hydrogen-bond acceptors (Lipinski definition) is 2. The molecule has 2 aliphatic heterocycles. The largest absolute Gasteiger partial charge is 0.497 e. The lowest BCUT2D eigenvalue weighted by atomic mass is 9.93. The van der Waals surface area contributed by atoms with Gasteiger partial charge in [0.2, 0.25) is 0 Å². The summed E-state index contributed by atoms with van der Waals surface area (Å²) in [5, 5.41) is 3.05. The number of fused-ring (bicyclic) bond motifs is 2. The molecule has 3 aromatic carbocycles. The molecule has 1 N–H and O–H groups in total. The lowest BCUT2D eigenvalue weighted by molar-refractivity contribution is 0.179. The summed E-state index contributed by atoms with van der Waals surface area (Å²) < 4.78 is 20.1. The summed E-state index contributed by atoms with van der Waals surface area (Å²) in [7, 11) is 1.64. The number of carbonyl (C=O) groups excluding carboxylic acids is 1. The van der Waals surface area contributed by atoms with Crippen LogP contribution in [-0.2, 0) is 6.54 Å². The van der Waals surface area contributed by atoms with E-state index >= 15 is 0 Å². The van der Waals surface area contributed by atoms with Crippen LogP contribution >= 0.6 is 0 Å². The van der Waals surface area contributed by atoms with Crippen LogP contribution in [-0.4, -0.2) is 30.1 Å². The maximum atomic E-state index is 14.9. The van der Waals surface area contributed by atoms with E-state index in [1.54, 1.807) is 13.2 Å². The molecule has 5 heteroatoms. The third-order valence-electron chi connectivity index (χ3n) is 6.66. The van der Waals surface area contributed by atoms with Crippen molar-refractivity contribution in [2.24, 2.45) is 0 Å². The fourth-order valence-corrected chi connectivity index (χ4v) is 4.94. The summed E-state index contributed by atoms with van der Waals surface area (Å²) in [5.74, 6) is 0.580. The van der Waals surface area contributed by atoms with Gasteiger partial charge in [-0.2, -0.15) is 0 Å². The smallest absolute Gasteiger partial charge is 0.318 e. The number of halogens is 1. The summed E-state index contributed by atoms with van der Waals surface area (Å²) >= 11 is 0. The quantitative estimate of drug-likeness (QED) is 0.524. The summed E-state index contributed by atoms with van der Waals surface area (Å²) in [6, 6.07) is 22.9. The second-order valence-electron chi connectivity index (χ2n) is 8.67. The number of rotatable bonds is 5. The number of ether oxygens (including phenoxy) is 1. The van der Waals surface area contributed by atoms with Crippen LogP contribution in [0.1, 0.15) is 30.4 Å². The van der Waals surface area contributed by atoms with Crippen molar-refractivity contribution >= 4 is 11.6 Å². The van der Waals surface area contributed by atoms with Crippen molar-refractivity contribution in [3.8, 4) is 16.9 Å². The SMILES string of the molecule is COc1ccc(CNC(=O)N2C3C=C(c4ccc(-c5ccccc5)c(F)c4)CC2CC3)cc1. The topological polar surface area (TPSA) is 41.6 Å². The normalized spacial score (nSPS) is 19.2. The van der Waals surface area contributed by atoms with Gasteiger partial charge in [-0.1, -0.05) is 60.7 Å². The molecule has 0 aromatic heterocycles. The second kappa shape index (κ2) is 9.10. The Balaban J connectivity index is 1.28. The van der Waals surface area contributed by atoms with Crippen LogP contribution in [0, 0.1) is 5.82 Å². The number of methoxy groups -OCH3 is 1. The van der Waals surface area contributed by atoms with Crippen LogP contribution in [0.5, 0.6) is 5.75 Å². The summed E-state index contributed by atoms with van der Waals surface area (Å²) in [4.78, 5) is 14.9. The Kier molecular flexibility index (Phi) is 5.86. The van der Waals surface area contributed by atoms with E-state index < -0.39 is 0 Å². The number of urea groups is 1. The van der Waals surface area contributed by atoms with Gasteiger partial charge in [0.25, 0.3) is 0 Å². The maximum Gasteiger partial charge on any atom is 0.318 e. The molecular weight excluding hydrogens is 415 g/mol. The molecule has 0 aliphatic carbocycles. The summed E-state index contributed by atoms with van der Waals surface area (Å²) in [5.41, 5.74) is 4.54. The molecule has 3 aromatic rings. The molecular formula is C28H27FN2O2. The molecule has 1 fully saturated rings. The van der Waals surface area contributed by atoms with Crippen molar-refractivity contribution in [3.63, 3.8) is 0 Å². The molecule has 0 spiro atoms. The van der Waals surface area contributed by atoms with Crippen molar-refractivity contribution < 1.29 is 13.9 Å². The van der Waals surface area contributed by atoms with Gasteiger partial charge in [-0.25, -0.2) is 9.18 Å². The first-order valence-electron chi connectivity index (χ1n) is 11.4. The minimum Gasteiger partial charge on any atom is -0.497 e. The van der Waals surface area contributed by atoms with Gasteiger partial charge in [-0.3, -0.25) is 0 Å². The van der Waals surface area contributed by atoms with E-state index in [1.165, 1.54) is 0 Å². The van der Waals surface area contributed by atoms with Crippen molar-refractivity contribution in [3.05, 3.63) is 95.8 Å². The Morgan fingerprint density at radius 3 is 2.52 bits per heavy atom. The zero-order valence-corrected chi connectivity index (χ0v) is 18.6. The molecule has 2 aliphatic rings. The number of nitrogens with one attached hydrogen (secondary N) is 1. The van der Waals surface area contributed by atoms with Gasteiger partial charge in [0.1, 0.15) is 11.6 Å². The fourth-order valence-electron chi connectivity index (χ4n) is 4.94. The Morgan fingerprint density at radius 1 is 1.03 bits per heavy atom. The number of hydrogen-bond donors (Lipinski definition) is 1. The number of carbonyl (C=O) groups is 1. The zero-order valence-electron chi connectivity index (χ0n) is 18.6. The molecule has 2 atom stereocenters. The Hall–Kier alpha value is -3.60. The highest BCUT2D eigenvalue weighted by Gasteiger charge is 2.39. The van der Waals surface area contributed by atoms with E-state index in [-0.39, 0.29) is 23.9 Å². The molecule has 2 heterocycles.